The standard InChI is InChI=1S/C10H7F3N2O2S/c11-10(12,13)9-4-1-6-5-7(18(14,16)17)2-3-8(6)15-9/h1-5H,(H2,14,16,17). The highest BCUT2D eigenvalue weighted by molar-refractivity contribution is 7.89. The Hall–Kier alpha value is -1.67. The van der Waals surface area contributed by atoms with Gasteiger partial charge in [-0.3, -0.25) is 0 Å². The Kier molecular flexibility index (Phi) is 2.78. The Morgan fingerprint density at radius 3 is 2.33 bits per heavy atom. The molecule has 0 spiro atoms. The van der Waals surface area contributed by atoms with E-state index in [1.165, 1.54) is 12.1 Å². The second kappa shape index (κ2) is 3.92. The summed E-state index contributed by atoms with van der Waals surface area (Å²) in [5.74, 6) is 0. The molecule has 2 N–H and O–H groups in total. The van der Waals surface area contributed by atoms with Crippen LogP contribution in [0.15, 0.2) is 35.2 Å². The summed E-state index contributed by atoms with van der Waals surface area (Å²) in [4.78, 5) is 3.24. The molecule has 0 aliphatic rings. The van der Waals surface area contributed by atoms with Crippen LogP contribution in [0.5, 0.6) is 0 Å². The van der Waals surface area contributed by atoms with Crippen molar-refractivity contribution in [2.24, 2.45) is 5.14 Å². The first-order chi connectivity index (χ1) is 8.18. The Labute approximate surface area is 100 Å². The molecule has 96 valence electrons. The van der Waals surface area contributed by atoms with E-state index in [9.17, 15) is 21.6 Å². The van der Waals surface area contributed by atoms with Gasteiger partial charge in [0.15, 0.2) is 0 Å². The highest BCUT2D eigenvalue weighted by Crippen LogP contribution is 2.29. The van der Waals surface area contributed by atoms with Gasteiger partial charge in [-0.05, 0) is 24.3 Å². The predicted molar refractivity (Wildman–Crippen MR) is 58.1 cm³/mol. The van der Waals surface area contributed by atoms with Crippen molar-refractivity contribution in [1.82, 2.24) is 4.98 Å². The number of nitrogens with zero attached hydrogens (tertiary/aromatic N) is 1. The van der Waals surface area contributed by atoms with E-state index < -0.39 is 21.9 Å². The zero-order valence-electron chi connectivity index (χ0n) is 8.77. The number of hydrogen-bond acceptors (Lipinski definition) is 3. The van der Waals surface area contributed by atoms with E-state index >= 15 is 0 Å². The maximum absolute atomic E-state index is 12.4. The van der Waals surface area contributed by atoms with Gasteiger partial charge in [0.1, 0.15) is 5.69 Å². The minimum absolute atomic E-state index is 0.0530. The van der Waals surface area contributed by atoms with Crippen LogP contribution in [0, 0.1) is 0 Å². The number of pyridine rings is 1. The molecular weight excluding hydrogens is 269 g/mol. The third-order valence-corrected chi connectivity index (χ3v) is 3.19. The number of sulfonamides is 1. The molecule has 0 aliphatic carbocycles. The molecular formula is C10H7F3N2O2S. The quantitative estimate of drug-likeness (QED) is 0.864. The Morgan fingerprint density at radius 2 is 1.78 bits per heavy atom. The van der Waals surface area contributed by atoms with Crippen LogP contribution in [-0.4, -0.2) is 13.4 Å². The maximum Gasteiger partial charge on any atom is 0.433 e. The lowest BCUT2D eigenvalue weighted by molar-refractivity contribution is -0.140. The van der Waals surface area contributed by atoms with Crippen LogP contribution in [0.1, 0.15) is 5.69 Å². The van der Waals surface area contributed by atoms with Crippen molar-refractivity contribution in [3.8, 4) is 0 Å². The third-order valence-electron chi connectivity index (χ3n) is 2.28. The molecule has 0 amide bonds. The van der Waals surface area contributed by atoms with Crippen LogP contribution in [0.4, 0.5) is 13.2 Å². The van der Waals surface area contributed by atoms with Crippen LogP contribution < -0.4 is 5.14 Å². The number of nitrogens with two attached hydrogens (primary N) is 1. The van der Waals surface area contributed by atoms with Crippen molar-refractivity contribution in [3.05, 3.63) is 36.0 Å². The number of rotatable bonds is 1. The number of hydrogen-bond donors (Lipinski definition) is 1. The van der Waals surface area contributed by atoms with Crippen molar-refractivity contribution in [3.63, 3.8) is 0 Å². The number of alkyl halides is 3. The van der Waals surface area contributed by atoms with Crippen LogP contribution >= 0.6 is 0 Å². The molecule has 0 saturated carbocycles. The maximum atomic E-state index is 12.4. The van der Waals surface area contributed by atoms with Crippen molar-refractivity contribution in [2.45, 2.75) is 11.1 Å². The molecule has 8 heteroatoms. The second-order valence-electron chi connectivity index (χ2n) is 3.59. The van der Waals surface area contributed by atoms with E-state index in [0.29, 0.717) is 0 Å². The normalized spacial score (nSPS) is 12.9. The van der Waals surface area contributed by atoms with Gasteiger partial charge in [-0.1, -0.05) is 6.07 Å². The van der Waals surface area contributed by atoms with Gasteiger partial charge in [0.05, 0.1) is 10.4 Å². The summed E-state index contributed by atoms with van der Waals surface area (Å²) in [6, 6.07) is 5.42. The lowest BCUT2D eigenvalue weighted by Gasteiger charge is -2.07. The number of fused-ring (bicyclic) bond motifs is 1. The van der Waals surface area contributed by atoms with Crippen LogP contribution in [-0.2, 0) is 16.2 Å². The van der Waals surface area contributed by atoms with Gasteiger partial charge >= 0.3 is 6.18 Å². The number of aromatic nitrogens is 1. The van der Waals surface area contributed by atoms with Crippen LogP contribution in [0.2, 0.25) is 0 Å². The van der Waals surface area contributed by atoms with E-state index in [1.807, 2.05) is 0 Å². The molecule has 1 aromatic heterocycles. The Morgan fingerprint density at radius 1 is 1.11 bits per heavy atom. The van der Waals surface area contributed by atoms with Gasteiger partial charge < -0.3 is 0 Å². The summed E-state index contributed by atoms with van der Waals surface area (Å²) in [5, 5.41) is 5.19. The summed E-state index contributed by atoms with van der Waals surface area (Å²) in [6.45, 7) is 0. The monoisotopic (exact) mass is 276 g/mol. The summed E-state index contributed by atoms with van der Waals surface area (Å²) in [6.07, 6.45) is -4.53. The predicted octanol–water partition coefficient (Wildman–Crippen LogP) is 1.90. The molecule has 0 saturated heterocycles. The average molecular weight is 276 g/mol. The Bertz CT molecular complexity index is 711. The molecule has 0 radical (unpaired) electrons. The minimum atomic E-state index is -4.53. The smallest absolute Gasteiger partial charge is 0.243 e. The molecule has 0 bridgehead atoms. The van der Waals surface area contributed by atoms with Crippen molar-refractivity contribution >= 4 is 20.9 Å². The lowest BCUT2D eigenvalue weighted by atomic mass is 10.2. The van der Waals surface area contributed by atoms with Gasteiger partial charge in [-0.15, -0.1) is 0 Å². The van der Waals surface area contributed by atoms with Gasteiger partial charge in [0.25, 0.3) is 0 Å². The van der Waals surface area contributed by atoms with Crippen molar-refractivity contribution < 1.29 is 21.6 Å². The second-order valence-corrected chi connectivity index (χ2v) is 5.16. The molecule has 1 aromatic carbocycles. The van der Waals surface area contributed by atoms with E-state index in [4.69, 9.17) is 5.14 Å². The number of primary sulfonamides is 1. The molecule has 0 unspecified atom stereocenters. The van der Waals surface area contributed by atoms with Crippen LogP contribution in [0.25, 0.3) is 10.9 Å². The lowest BCUT2D eigenvalue weighted by Crippen LogP contribution is -2.12. The van der Waals surface area contributed by atoms with Gasteiger partial charge in [0.2, 0.25) is 10.0 Å². The molecule has 4 nitrogen and oxygen atoms in total. The van der Waals surface area contributed by atoms with E-state index in [2.05, 4.69) is 4.98 Å². The molecule has 2 aromatic rings. The fraction of sp³-hybridized carbons (Fsp3) is 0.100. The first-order valence-electron chi connectivity index (χ1n) is 4.69. The molecule has 1 heterocycles. The molecule has 18 heavy (non-hydrogen) atoms. The SMILES string of the molecule is NS(=O)(=O)c1ccc2nc(C(F)(F)F)ccc2c1. The minimum Gasteiger partial charge on any atom is -0.243 e. The van der Waals surface area contributed by atoms with Crippen LogP contribution in [0.3, 0.4) is 0 Å². The summed E-state index contributed by atoms with van der Waals surface area (Å²) in [5.41, 5.74) is -0.976. The summed E-state index contributed by atoms with van der Waals surface area (Å²) in [7, 11) is -3.88. The number of halogens is 3. The highest BCUT2D eigenvalue weighted by atomic mass is 32.2. The molecule has 0 aliphatic heterocycles. The van der Waals surface area contributed by atoms with E-state index in [0.717, 1.165) is 18.2 Å². The highest BCUT2D eigenvalue weighted by Gasteiger charge is 2.32. The largest absolute Gasteiger partial charge is 0.433 e. The molecule has 2 rings (SSSR count). The first-order valence-corrected chi connectivity index (χ1v) is 6.23. The zero-order valence-corrected chi connectivity index (χ0v) is 9.59. The summed E-state index contributed by atoms with van der Waals surface area (Å²) >= 11 is 0. The summed E-state index contributed by atoms with van der Waals surface area (Å²) < 4.78 is 59.4. The van der Waals surface area contributed by atoms with Gasteiger partial charge in [-0.2, -0.15) is 13.2 Å². The van der Waals surface area contributed by atoms with Gasteiger partial charge in [0, 0.05) is 5.39 Å². The van der Waals surface area contributed by atoms with Crippen molar-refractivity contribution in [1.29, 1.82) is 0 Å². The zero-order chi connectivity index (χ0) is 13.6. The third kappa shape index (κ3) is 2.44. The average Bonchev–Trinajstić information content (AvgIpc) is 2.25. The fourth-order valence-electron chi connectivity index (χ4n) is 1.44. The number of benzene rings is 1. The van der Waals surface area contributed by atoms with Crippen molar-refractivity contribution in [2.75, 3.05) is 0 Å². The molecule has 0 fully saturated rings. The van der Waals surface area contributed by atoms with E-state index in [-0.39, 0.29) is 15.8 Å². The van der Waals surface area contributed by atoms with E-state index in [1.54, 1.807) is 0 Å². The topological polar surface area (TPSA) is 73.1 Å². The van der Waals surface area contributed by atoms with Gasteiger partial charge in [-0.25, -0.2) is 18.5 Å². The Balaban J connectivity index is 2.63. The molecule has 0 atom stereocenters. The fourth-order valence-corrected chi connectivity index (χ4v) is 1.99. The first kappa shape index (κ1) is 12.8.